The van der Waals surface area contributed by atoms with E-state index in [-0.39, 0.29) is 12.6 Å². The van der Waals surface area contributed by atoms with Crippen molar-refractivity contribution in [1.29, 1.82) is 0 Å². The lowest BCUT2D eigenvalue weighted by Gasteiger charge is -2.09. The Balaban J connectivity index is 3.10. The molecule has 66 heavy (non-hydrogen) atoms. The molecule has 396 valence electrons. The van der Waals surface area contributed by atoms with Crippen LogP contribution in [-0.4, -0.2) is 171 Å². The van der Waals surface area contributed by atoms with E-state index in [9.17, 15) is 4.79 Å². The third-order valence-electron chi connectivity index (χ3n) is 10.7. The lowest BCUT2D eigenvalue weighted by Crippen LogP contribution is -2.15. The van der Waals surface area contributed by atoms with Gasteiger partial charge in [-0.2, -0.15) is 0 Å². The van der Waals surface area contributed by atoms with E-state index in [1.807, 2.05) is 0 Å². The summed E-state index contributed by atoms with van der Waals surface area (Å²) in [7, 11) is 0. The van der Waals surface area contributed by atoms with Crippen molar-refractivity contribution in [2.45, 2.75) is 168 Å². The third-order valence-corrected chi connectivity index (χ3v) is 10.7. The zero-order valence-corrected chi connectivity index (χ0v) is 42.9. The first-order valence-electron chi connectivity index (χ1n) is 26.9. The minimum atomic E-state index is -0.136. The maximum atomic E-state index is 11.8. The first-order valence-corrected chi connectivity index (χ1v) is 26.9. The van der Waals surface area contributed by atoms with E-state index in [1.165, 1.54) is 128 Å². The number of rotatable bonds is 61. The number of unbranched alkanes of at least 4 members (excludes halogenated alkanes) is 21. The summed E-state index contributed by atoms with van der Waals surface area (Å²) in [6.45, 7) is 17.4. The molecular weight excluding hydrogens is 849 g/mol. The van der Waals surface area contributed by atoms with Crippen molar-refractivity contribution in [1.82, 2.24) is 0 Å². The Bertz CT molecular complexity index is 873. The van der Waals surface area contributed by atoms with Gasteiger partial charge in [-0.05, 0) is 12.8 Å². The van der Waals surface area contributed by atoms with Gasteiger partial charge in [0, 0.05) is 13.0 Å². The van der Waals surface area contributed by atoms with E-state index in [4.69, 9.17) is 61.6 Å². The van der Waals surface area contributed by atoms with Crippen LogP contribution in [0.4, 0.5) is 0 Å². The molecule has 0 saturated carbocycles. The van der Waals surface area contributed by atoms with Crippen molar-refractivity contribution in [3.63, 3.8) is 0 Å². The lowest BCUT2D eigenvalue weighted by atomic mass is 10.0. The van der Waals surface area contributed by atoms with E-state index in [1.54, 1.807) is 0 Å². The highest BCUT2D eigenvalue weighted by atomic mass is 16.6. The summed E-state index contributed by atoms with van der Waals surface area (Å²) in [5.74, 6) is -0.136. The van der Waals surface area contributed by atoms with E-state index in [0.717, 1.165) is 25.9 Å². The second-order valence-corrected chi connectivity index (χ2v) is 16.7. The van der Waals surface area contributed by atoms with Gasteiger partial charge in [0.15, 0.2) is 0 Å². The smallest absolute Gasteiger partial charge is 0.305 e. The van der Waals surface area contributed by atoms with Gasteiger partial charge in [0.2, 0.25) is 0 Å². The molecule has 0 atom stereocenters. The zero-order valence-electron chi connectivity index (χ0n) is 42.9. The van der Waals surface area contributed by atoms with Crippen LogP contribution in [0.3, 0.4) is 0 Å². The molecular formula is C52H104O14. The Hall–Kier alpha value is -1.01. The van der Waals surface area contributed by atoms with Gasteiger partial charge >= 0.3 is 5.97 Å². The average Bonchev–Trinajstić information content (AvgIpc) is 3.32. The Morgan fingerprint density at radius 2 is 0.394 bits per heavy atom. The van der Waals surface area contributed by atoms with Crippen molar-refractivity contribution in [2.75, 3.05) is 165 Å². The molecule has 0 aliphatic rings. The van der Waals surface area contributed by atoms with Crippen LogP contribution in [0.5, 0.6) is 0 Å². The van der Waals surface area contributed by atoms with Gasteiger partial charge in [0.1, 0.15) is 6.61 Å². The van der Waals surface area contributed by atoms with Crippen LogP contribution in [0, 0.1) is 0 Å². The third kappa shape index (κ3) is 61.0. The molecule has 14 nitrogen and oxygen atoms in total. The molecule has 0 fully saturated rings. The quantitative estimate of drug-likeness (QED) is 0.0422. The fraction of sp³-hybridized carbons (Fsp3) is 0.981. The molecule has 0 unspecified atom stereocenters. The predicted octanol–water partition coefficient (Wildman–Crippen LogP) is 10.1. The van der Waals surface area contributed by atoms with Gasteiger partial charge in [0.25, 0.3) is 0 Å². The largest absolute Gasteiger partial charge is 0.463 e. The number of carbonyl (C=O) groups is 1. The first-order chi connectivity index (χ1) is 32.8. The standard InChI is InChI=1S/C52H104O14/c1-3-5-7-9-11-13-14-15-16-17-19-21-23-25-27-54-28-29-55-30-31-56-32-33-57-34-35-58-36-37-59-38-39-60-40-41-61-42-43-62-44-45-63-46-47-64-48-49-65-50-51-66-52(53)26-24-22-20-18-12-10-8-6-4-2/h3-51H2,1-2H3. The minimum absolute atomic E-state index is 0.136. The normalized spacial score (nSPS) is 11.6. The Labute approximate surface area is 404 Å². The van der Waals surface area contributed by atoms with Gasteiger partial charge in [0.05, 0.1) is 152 Å². The topological polar surface area (TPSA) is 137 Å². The Kier molecular flexibility index (Phi) is 61.1. The molecule has 0 N–H and O–H groups in total. The Morgan fingerprint density at radius 3 is 0.636 bits per heavy atom. The molecule has 0 aromatic carbocycles. The summed E-state index contributed by atoms with van der Waals surface area (Å²) in [5.41, 5.74) is 0. The number of hydrogen-bond acceptors (Lipinski definition) is 14. The maximum Gasteiger partial charge on any atom is 0.305 e. The summed E-state index contributed by atoms with van der Waals surface area (Å²) >= 11 is 0. The van der Waals surface area contributed by atoms with Gasteiger partial charge < -0.3 is 61.6 Å². The molecule has 0 bridgehead atoms. The monoisotopic (exact) mass is 953 g/mol. The molecule has 0 radical (unpaired) electrons. The Morgan fingerprint density at radius 1 is 0.212 bits per heavy atom. The molecule has 0 heterocycles. The number of carbonyl (C=O) groups excluding carboxylic acids is 1. The van der Waals surface area contributed by atoms with Crippen LogP contribution < -0.4 is 0 Å². The van der Waals surface area contributed by atoms with Crippen molar-refractivity contribution in [3.8, 4) is 0 Å². The van der Waals surface area contributed by atoms with Crippen molar-refractivity contribution in [2.24, 2.45) is 0 Å². The van der Waals surface area contributed by atoms with Gasteiger partial charge in [-0.15, -0.1) is 0 Å². The molecule has 14 heteroatoms. The molecule has 0 saturated heterocycles. The summed E-state index contributed by atoms with van der Waals surface area (Å²) in [4.78, 5) is 11.8. The highest BCUT2D eigenvalue weighted by Crippen LogP contribution is 2.13. The van der Waals surface area contributed by atoms with E-state index in [2.05, 4.69) is 13.8 Å². The van der Waals surface area contributed by atoms with E-state index < -0.39 is 0 Å². The van der Waals surface area contributed by atoms with Gasteiger partial charge in [-0.1, -0.05) is 149 Å². The van der Waals surface area contributed by atoms with Gasteiger partial charge in [-0.3, -0.25) is 4.79 Å². The van der Waals surface area contributed by atoms with Crippen LogP contribution in [0.15, 0.2) is 0 Å². The van der Waals surface area contributed by atoms with E-state index in [0.29, 0.717) is 158 Å². The van der Waals surface area contributed by atoms with Gasteiger partial charge in [-0.25, -0.2) is 0 Å². The average molecular weight is 953 g/mol. The summed E-state index contributed by atoms with van der Waals surface area (Å²) in [5, 5.41) is 0. The minimum Gasteiger partial charge on any atom is -0.463 e. The fourth-order valence-electron chi connectivity index (χ4n) is 6.79. The molecule has 0 amide bonds. The highest BCUT2D eigenvalue weighted by Gasteiger charge is 2.03. The summed E-state index contributed by atoms with van der Waals surface area (Å²) in [6, 6.07) is 0. The molecule has 0 aliphatic heterocycles. The molecule has 0 rings (SSSR count). The second kappa shape index (κ2) is 62.0. The maximum absolute atomic E-state index is 11.8. The van der Waals surface area contributed by atoms with Crippen LogP contribution in [0.25, 0.3) is 0 Å². The molecule has 0 aromatic rings. The molecule has 0 aliphatic carbocycles. The molecule has 0 aromatic heterocycles. The number of ether oxygens (including phenoxy) is 13. The van der Waals surface area contributed by atoms with Crippen LogP contribution in [0.1, 0.15) is 168 Å². The number of hydrogen-bond donors (Lipinski definition) is 0. The predicted molar refractivity (Wildman–Crippen MR) is 263 cm³/mol. The van der Waals surface area contributed by atoms with Crippen molar-refractivity contribution in [3.05, 3.63) is 0 Å². The lowest BCUT2D eigenvalue weighted by molar-refractivity contribution is -0.145. The summed E-state index contributed by atoms with van der Waals surface area (Å²) < 4.78 is 71.7. The van der Waals surface area contributed by atoms with Crippen LogP contribution in [0.2, 0.25) is 0 Å². The van der Waals surface area contributed by atoms with Crippen molar-refractivity contribution >= 4 is 5.97 Å². The highest BCUT2D eigenvalue weighted by molar-refractivity contribution is 5.69. The SMILES string of the molecule is CCCCCCCCCCCCCCCCOCCOCCOCCOCCOCCOCCOCCOCCOCCOCCOCCOCCOC(=O)CCCCCCCCCCC. The second-order valence-electron chi connectivity index (χ2n) is 16.7. The van der Waals surface area contributed by atoms with Crippen molar-refractivity contribution < 1.29 is 66.4 Å². The fourth-order valence-corrected chi connectivity index (χ4v) is 6.79. The van der Waals surface area contributed by atoms with E-state index >= 15 is 0 Å². The van der Waals surface area contributed by atoms with Crippen LogP contribution >= 0.6 is 0 Å². The van der Waals surface area contributed by atoms with Crippen LogP contribution in [-0.2, 0) is 66.4 Å². The summed E-state index contributed by atoms with van der Waals surface area (Å²) in [6.07, 6.45) is 30.8. The zero-order chi connectivity index (χ0) is 47.4. The number of esters is 1. The first kappa shape index (κ1) is 65.0. The molecule has 0 spiro atoms.